The lowest BCUT2D eigenvalue weighted by atomic mass is 9.93. The Morgan fingerprint density at radius 1 is 0.269 bits per heavy atom. The number of hydrogen-bond acceptors (Lipinski definition) is 3. The first-order chi connectivity index (χ1) is 33.2. The zero-order chi connectivity index (χ0) is 44.5. The normalized spacial score (nSPS) is 11.3. The molecule has 12 aromatic rings. The summed E-state index contributed by atoms with van der Waals surface area (Å²) in [5.41, 5.74) is 17.0. The monoisotopic (exact) mass is 856 g/mol. The molecule has 3 heteroatoms. The van der Waals surface area contributed by atoms with Gasteiger partial charge in [-0.25, -0.2) is 0 Å². The lowest BCUT2D eigenvalue weighted by Crippen LogP contribution is -2.14. The number of furan rings is 1. The van der Waals surface area contributed by atoms with E-state index in [9.17, 15) is 0 Å². The van der Waals surface area contributed by atoms with Crippen molar-refractivity contribution < 1.29 is 4.42 Å². The largest absolute Gasteiger partial charge is 0.455 e. The first-order valence-corrected chi connectivity index (χ1v) is 22.8. The maximum Gasteiger partial charge on any atom is 0.143 e. The van der Waals surface area contributed by atoms with Crippen LogP contribution in [0.1, 0.15) is 0 Å². The van der Waals surface area contributed by atoms with Crippen molar-refractivity contribution in [1.82, 2.24) is 0 Å². The van der Waals surface area contributed by atoms with E-state index in [2.05, 4.69) is 277 Å². The van der Waals surface area contributed by atoms with Crippen LogP contribution in [-0.2, 0) is 0 Å². The van der Waals surface area contributed by atoms with Crippen molar-refractivity contribution in [3.8, 4) is 44.5 Å². The lowest BCUT2D eigenvalue weighted by Gasteiger charge is -2.31. The summed E-state index contributed by atoms with van der Waals surface area (Å²) in [7, 11) is 0. The number of rotatable bonds is 10. The molecule has 0 aliphatic rings. The Balaban J connectivity index is 1.16. The van der Waals surface area contributed by atoms with E-state index in [1.165, 1.54) is 16.7 Å². The number of hydrogen-bond donors (Lipinski definition) is 0. The van der Waals surface area contributed by atoms with E-state index in [1.807, 2.05) is 0 Å². The smallest absolute Gasteiger partial charge is 0.143 e. The van der Waals surface area contributed by atoms with Crippen molar-refractivity contribution in [3.05, 3.63) is 267 Å². The van der Waals surface area contributed by atoms with Crippen molar-refractivity contribution in [3.63, 3.8) is 0 Å². The van der Waals surface area contributed by atoms with Crippen LogP contribution in [0.15, 0.2) is 271 Å². The van der Waals surface area contributed by atoms with Crippen molar-refractivity contribution in [2.24, 2.45) is 0 Å². The second-order valence-electron chi connectivity index (χ2n) is 16.9. The zero-order valence-corrected chi connectivity index (χ0v) is 36.7. The second kappa shape index (κ2) is 17.2. The number of nitrogens with zero attached hydrogens (tertiary/aromatic N) is 2. The SMILES string of the molecule is c1ccc(-c2ccc(N(c3ccccc3-c3ccccc3)c3cc(N(c4ccccc4)c4ccc(-c5ccccc5)c(-c5ccccc5)c4)cc4oc5c6ccccc6ccc5c34)cc2)cc1. The van der Waals surface area contributed by atoms with E-state index in [4.69, 9.17) is 4.42 Å². The van der Waals surface area contributed by atoms with Gasteiger partial charge in [0.15, 0.2) is 0 Å². The fourth-order valence-electron chi connectivity index (χ4n) is 9.70. The van der Waals surface area contributed by atoms with E-state index >= 15 is 0 Å². The molecule has 0 aliphatic carbocycles. The van der Waals surface area contributed by atoms with Gasteiger partial charge < -0.3 is 14.2 Å². The van der Waals surface area contributed by atoms with Gasteiger partial charge in [-0.15, -0.1) is 0 Å². The van der Waals surface area contributed by atoms with E-state index in [1.54, 1.807) is 0 Å². The van der Waals surface area contributed by atoms with Gasteiger partial charge in [-0.3, -0.25) is 0 Å². The summed E-state index contributed by atoms with van der Waals surface area (Å²) in [6.45, 7) is 0. The molecule has 0 fully saturated rings. The molecular weight excluding hydrogens is 813 g/mol. The molecule has 12 rings (SSSR count). The lowest BCUT2D eigenvalue weighted by molar-refractivity contribution is 0.673. The van der Waals surface area contributed by atoms with Gasteiger partial charge in [-0.2, -0.15) is 0 Å². The van der Waals surface area contributed by atoms with Crippen LogP contribution in [0, 0.1) is 0 Å². The third-order valence-corrected chi connectivity index (χ3v) is 12.8. The minimum Gasteiger partial charge on any atom is -0.455 e. The topological polar surface area (TPSA) is 19.6 Å². The Morgan fingerprint density at radius 2 is 0.791 bits per heavy atom. The fourth-order valence-corrected chi connectivity index (χ4v) is 9.70. The standard InChI is InChI=1S/C64H44N2O/c1-6-20-45(21-7-1)46-34-37-52(38-35-46)66(60-33-19-18-31-56(60)48-24-10-3-11-25-48)61-43-54(44-62-63(61)58-40-36-50-28-16-17-32-57(50)64(58)67-62)65(51-29-14-5-15-30-51)53-39-41-55(47-22-8-2-9-23-47)59(42-53)49-26-12-4-13-27-49/h1-44H. The molecule has 0 bridgehead atoms. The van der Waals surface area contributed by atoms with E-state index in [0.29, 0.717) is 0 Å². The molecule has 0 saturated heterocycles. The Kier molecular flexibility index (Phi) is 10.2. The summed E-state index contributed by atoms with van der Waals surface area (Å²) < 4.78 is 7.20. The fraction of sp³-hybridized carbons (Fsp3) is 0. The Bertz CT molecular complexity index is 3660. The molecule has 0 saturated carbocycles. The highest BCUT2D eigenvalue weighted by Gasteiger charge is 2.26. The van der Waals surface area contributed by atoms with Gasteiger partial charge in [0.25, 0.3) is 0 Å². The van der Waals surface area contributed by atoms with Crippen LogP contribution in [0.4, 0.5) is 34.1 Å². The zero-order valence-electron chi connectivity index (χ0n) is 36.7. The summed E-state index contributed by atoms with van der Waals surface area (Å²) >= 11 is 0. The number of anilines is 6. The summed E-state index contributed by atoms with van der Waals surface area (Å²) in [4.78, 5) is 4.80. The molecular formula is C64H44N2O. The van der Waals surface area contributed by atoms with Crippen LogP contribution in [-0.4, -0.2) is 0 Å². The highest BCUT2D eigenvalue weighted by Crippen LogP contribution is 2.51. The van der Waals surface area contributed by atoms with Crippen LogP contribution >= 0.6 is 0 Å². The molecule has 316 valence electrons. The van der Waals surface area contributed by atoms with Gasteiger partial charge in [0, 0.05) is 39.5 Å². The molecule has 1 heterocycles. The van der Waals surface area contributed by atoms with Gasteiger partial charge in [-0.05, 0) is 98.9 Å². The Hall–Kier alpha value is -8.92. The maximum atomic E-state index is 7.20. The third-order valence-electron chi connectivity index (χ3n) is 12.8. The molecule has 0 amide bonds. The van der Waals surface area contributed by atoms with Gasteiger partial charge in [0.05, 0.1) is 22.4 Å². The molecule has 0 N–H and O–H groups in total. The summed E-state index contributed by atoms with van der Waals surface area (Å²) in [5, 5.41) is 4.31. The second-order valence-corrected chi connectivity index (χ2v) is 16.9. The molecule has 0 aliphatic heterocycles. The van der Waals surface area contributed by atoms with Crippen molar-refractivity contribution in [2.45, 2.75) is 0 Å². The molecule has 1 aromatic heterocycles. The van der Waals surface area contributed by atoms with E-state index < -0.39 is 0 Å². The maximum absolute atomic E-state index is 7.20. The molecule has 0 atom stereocenters. The van der Waals surface area contributed by atoms with Crippen LogP contribution in [0.2, 0.25) is 0 Å². The van der Waals surface area contributed by atoms with Crippen LogP contribution in [0.3, 0.4) is 0 Å². The molecule has 11 aromatic carbocycles. The number of fused-ring (bicyclic) bond motifs is 5. The minimum absolute atomic E-state index is 0.798. The average Bonchev–Trinajstić information content (AvgIpc) is 3.80. The predicted molar refractivity (Wildman–Crippen MR) is 282 cm³/mol. The highest BCUT2D eigenvalue weighted by atomic mass is 16.3. The van der Waals surface area contributed by atoms with E-state index in [-0.39, 0.29) is 0 Å². The van der Waals surface area contributed by atoms with Crippen molar-refractivity contribution in [1.29, 1.82) is 0 Å². The Labute approximate surface area is 390 Å². The van der Waals surface area contributed by atoms with Gasteiger partial charge in [0.1, 0.15) is 11.2 Å². The van der Waals surface area contributed by atoms with Crippen LogP contribution < -0.4 is 9.80 Å². The molecule has 0 radical (unpaired) electrons. The number of benzene rings is 11. The first-order valence-electron chi connectivity index (χ1n) is 22.8. The van der Waals surface area contributed by atoms with Gasteiger partial charge >= 0.3 is 0 Å². The average molecular weight is 857 g/mol. The molecule has 3 nitrogen and oxygen atoms in total. The summed E-state index contributed by atoms with van der Waals surface area (Å²) in [5.74, 6) is 0. The van der Waals surface area contributed by atoms with Crippen LogP contribution in [0.5, 0.6) is 0 Å². The highest BCUT2D eigenvalue weighted by molar-refractivity contribution is 6.21. The number of para-hydroxylation sites is 2. The van der Waals surface area contributed by atoms with Gasteiger partial charge in [-0.1, -0.05) is 206 Å². The van der Waals surface area contributed by atoms with E-state index in [0.717, 1.165) is 94.7 Å². The first kappa shape index (κ1) is 39.7. The van der Waals surface area contributed by atoms with Gasteiger partial charge in [0.2, 0.25) is 0 Å². The molecule has 0 unspecified atom stereocenters. The minimum atomic E-state index is 0.798. The quantitative estimate of drug-likeness (QED) is 0.137. The Morgan fingerprint density at radius 3 is 1.48 bits per heavy atom. The molecule has 0 spiro atoms. The third kappa shape index (κ3) is 7.39. The summed E-state index contributed by atoms with van der Waals surface area (Å²) in [6.07, 6.45) is 0. The molecule has 67 heavy (non-hydrogen) atoms. The predicted octanol–water partition coefficient (Wildman–Crippen LogP) is 18.3. The summed E-state index contributed by atoms with van der Waals surface area (Å²) in [6, 6.07) is 95.5. The van der Waals surface area contributed by atoms with Crippen molar-refractivity contribution in [2.75, 3.05) is 9.80 Å². The van der Waals surface area contributed by atoms with Crippen LogP contribution in [0.25, 0.3) is 77.2 Å². The van der Waals surface area contributed by atoms with Crippen molar-refractivity contribution >= 4 is 66.8 Å².